The van der Waals surface area contributed by atoms with E-state index in [-0.39, 0.29) is 6.04 Å². The molecule has 7 nitrogen and oxygen atoms in total. The molecule has 0 saturated carbocycles. The van der Waals surface area contributed by atoms with Crippen LogP contribution in [-0.2, 0) is 14.9 Å². The summed E-state index contributed by atoms with van der Waals surface area (Å²) in [5, 5.41) is 3.71. The lowest BCUT2D eigenvalue weighted by molar-refractivity contribution is 0.0489. The van der Waals surface area contributed by atoms with Crippen LogP contribution in [0.5, 0.6) is 0 Å². The number of ether oxygens (including phenoxy) is 1. The topological polar surface area (TPSA) is 80.6 Å². The van der Waals surface area contributed by atoms with E-state index in [1.807, 2.05) is 39.0 Å². The molecule has 1 aliphatic heterocycles. The molecule has 0 unspecified atom stereocenters. The van der Waals surface area contributed by atoms with Crippen molar-refractivity contribution < 1.29 is 17.9 Å². The van der Waals surface area contributed by atoms with Crippen LogP contribution >= 0.6 is 0 Å². The Balaban J connectivity index is 1.65. The van der Waals surface area contributed by atoms with Gasteiger partial charge in [0.15, 0.2) is 0 Å². The predicted octanol–water partition coefficient (Wildman–Crippen LogP) is 2.72. The largest absolute Gasteiger partial charge is 0.444 e. The van der Waals surface area contributed by atoms with Crippen molar-refractivity contribution in [3.8, 4) is 0 Å². The Bertz CT molecular complexity index is 891. The van der Waals surface area contributed by atoms with Crippen LogP contribution in [0.25, 0.3) is 10.9 Å². The van der Waals surface area contributed by atoms with Gasteiger partial charge in [0.2, 0.25) is 0 Å². The van der Waals surface area contributed by atoms with Crippen molar-refractivity contribution in [1.29, 1.82) is 0 Å². The number of para-hydroxylation sites is 1. The van der Waals surface area contributed by atoms with Crippen molar-refractivity contribution in [3.05, 3.63) is 36.5 Å². The summed E-state index contributed by atoms with van der Waals surface area (Å²) in [6, 6.07) is 9.10. The quantitative estimate of drug-likeness (QED) is 0.889. The lowest BCUT2D eigenvalue weighted by Crippen LogP contribution is -2.48. The van der Waals surface area contributed by atoms with E-state index < -0.39 is 21.9 Å². The van der Waals surface area contributed by atoms with Gasteiger partial charge in [-0.25, -0.2) is 8.77 Å². The summed E-state index contributed by atoms with van der Waals surface area (Å²) in [4.78, 5) is 11.9. The molecule has 1 aromatic carbocycles. The third-order valence-corrected chi connectivity index (χ3v) is 6.15. The van der Waals surface area contributed by atoms with Crippen molar-refractivity contribution in [3.63, 3.8) is 0 Å². The maximum absolute atomic E-state index is 13.0. The molecular weight excluding hydrogens is 354 g/mol. The molecule has 1 saturated heterocycles. The van der Waals surface area contributed by atoms with Crippen molar-refractivity contribution in [2.75, 3.05) is 13.1 Å². The highest BCUT2D eigenvalue weighted by atomic mass is 32.2. The summed E-state index contributed by atoms with van der Waals surface area (Å²) in [7, 11) is -3.62. The maximum atomic E-state index is 13.0. The van der Waals surface area contributed by atoms with Crippen LogP contribution in [0.2, 0.25) is 0 Å². The summed E-state index contributed by atoms with van der Waals surface area (Å²) in [6.45, 7) is 6.14. The van der Waals surface area contributed by atoms with Gasteiger partial charge in [-0.3, -0.25) is 0 Å². The number of carbonyl (C=O) groups excluding carboxylic acids is 1. The van der Waals surface area contributed by atoms with Gasteiger partial charge >= 0.3 is 16.3 Å². The Hall–Kier alpha value is -2.06. The SMILES string of the molecule is CC(C)(C)OC(=O)NC1CCN(S(=O)(=O)n2ccc3ccccc32)CC1. The predicted molar refractivity (Wildman–Crippen MR) is 100 cm³/mol. The third kappa shape index (κ3) is 4.02. The number of aromatic nitrogens is 1. The molecule has 3 rings (SSSR count). The Morgan fingerprint density at radius 1 is 1.15 bits per heavy atom. The zero-order valence-electron chi connectivity index (χ0n) is 15.3. The first-order valence-electron chi connectivity index (χ1n) is 8.73. The molecule has 1 amide bonds. The molecule has 2 aromatic rings. The van der Waals surface area contributed by atoms with Gasteiger partial charge in [0, 0.05) is 30.7 Å². The van der Waals surface area contributed by atoms with E-state index in [0.717, 1.165) is 5.39 Å². The van der Waals surface area contributed by atoms with E-state index in [0.29, 0.717) is 31.4 Å². The van der Waals surface area contributed by atoms with Crippen molar-refractivity contribution in [1.82, 2.24) is 13.6 Å². The number of rotatable bonds is 3. The first-order valence-corrected chi connectivity index (χ1v) is 10.1. The van der Waals surface area contributed by atoms with E-state index in [9.17, 15) is 13.2 Å². The van der Waals surface area contributed by atoms with E-state index in [1.54, 1.807) is 18.3 Å². The van der Waals surface area contributed by atoms with Crippen LogP contribution < -0.4 is 5.32 Å². The van der Waals surface area contributed by atoms with Gasteiger partial charge in [-0.15, -0.1) is 0 Å². The van der Waals surface area contributed by atoms with Crippen molar-refractivity contribution >= 4 is 27.2 Å². The highest BCUT2D eigenvalue weighted by Crippen LogP contribution is 2.22. The van der Waals surface area contributed by atoms with Gasteiger partial charge in [-0.2, -0.15) is 12.7 Å². The fourth-order valence-electron chi connectivity index (χ4n) is 3.09. The van der Waals surface area contributed by atoms with Crippen molar-refractivity contribution in [2.45, 2.75) is 45.3 Å². The highest BCUT2D eigenvalue weighted by molar-refractivity contribution is 7.87. The minimum absolute atomic E-state index is 0.0855. The molecule has 0 spiro atoms. The number of piperidine rings is 1. The Morgan fingerprint density at radius 3 is 2.46 bits per heavy atom. The monoisotopic (exact) mass is 379 g/mol. The third-order valence-electron chi connectivity index (χ3n) is 4.31. The minimum atomic E-state index is -3.62. The number of amides is 1. The molecule has 2 heterocycles. The average Bonchev–Trinajstić information content (AvgIpc) is 2.98. The normalized spacial score (nSPS) is 17.3. The number of nitrogens with zero attached hydrogens (tertiary/aromatic N) is 2. The second-order valence-corrected chi connectivity index (χ2v) is 9.30. The van der Waals surface area contributed by atoms with E-state index >= 15 is 0 Å². The zero-order chi connectivity index (χ0) is 18.9. The molecule has 0 aliphatic carbocycles. The van der Waals surface area contributed by atoms with Crippen LogP contribution in [0.15, 0.2) is 36.5 Å². The van der Waals surface area contributed by atoms with E-state index in [1.165, 1.54) is 8.28 Å². The molecule has 1 aromatic heterocycles. The molecule has 1 fully saturated rings. The number of hydrogen-bond donors (Lipinski definition) is 1. The fraction of sp³-hybridized carbons (Fsp3) is 0.500. The first-order chi connectivity index (χ1) is 12.2. The smallest absolute Gasteiger partial charge is 0.407 e. The maximum Gasteiger partial charge on any atom is 0.407 e. The summed E-state index contributed by atoms with van der Waals surface area (Å²) < 4.78 is 34.0. The second kappa shape index (κ2) is 6.92. The molecule has 142 valence electrons. The van der Waals surface area contributed by atoms with Crippen molar-refractivity contribution in [2.24, 2.45) is 0 Å². The molecule has 26 heavy (non-hydrogen) atoms. The molecule has 0 radical (unpaired) electrons. The number of carbonyl (C=O) groups is 1. The second-order valence-electron chi connectivity index (χ2n) is 7.50. The molecule has 8 heteroatoms. The van der Waals surface area contributed by atoms with Gasteiger partial charge < -0.3 is 10.1 Å². The Kier molecular flexibility index (Phi) is 4.98. The summed E-state index contributed by atoms with van der Waals surface area (Å²) in [5.74, 6) is 0. The van der Waals surface area contributed by atoms with Crippen LogP contribution in [-0.4, -0.2) is 47.5 Å². The summed E-state index contributed by atoms with van der Waals surface area (Å²) >= 11 is 0. The van der Waals surface area contributed by atoms with Gasteiger partial charge in [0.25, 0.3) is 0 Å². The first kappa shape index (κ1) is 18.7. The Labute approximate surface area is 154 Å². The van der Waals surface area contributed by atoms with E-state index in [2.05, 4.69) is 5.32 Å². The van der Waals surface area contributed by atoms with E-state index in [4.69, 9.17) is 4.74 Å². The number of hydrogen-bond acceptors (Lipinski definition) is 4. The molecule has 1 N–H and O–H groups in total. The standard InChI is InChI=1S/C18H25N3O4S/c1-18(2,3)25-17(22)19-15-9-11-20(12-10-15)26(23,24)21-13-8-14-6-4-5-7-16(14)21/h4-8,13,15H,9-12H2,1-3H3,(H,19,22). The lowest BCUT2D eigenvalue weighted by Gasteiger charge is -2.32. The summed E-state index contributed by atoms with van der Waals surface area (Å²) in [6.07, 6.45) is 2.23. The van der Waals surface area contributed by atoms with Crippen LogP contribution in [0, 0.1) is 0 Å². The zero-order valence-corrected chi connectivity index (χ0v) is 16.1. The molecule has 0 atom stereocenters. The fourth-order valence-corrected chi connectivity index (χ4v) is 4.64. The number of benzene rings is 1. The molecular formula is C18H25N3O4S. The number of nitrogens with one attached hydrogen (secondary N) is 1. The van der Waals surface area contributed by atoms with Crippen LogP contribution in [0.3, 0.4) is 0 Å². The van der Waals surface area contributed by atoms with Gasteiger partial charge in [0.05, 0.1) is 5.52 Å². The number of alkyl carbamates (subject to hydrolysis) is 1. The summed E-state index contributed by atoms with van der Waals surface area (Å²) in [5.41, 5.74) is 0.116. The highest BCUT2D eigenvalue weighted by Gasteiger charge is 2.31. The minimum Gasteiger partial charge on any atom is -0.444 e. The average molecular weight is 379 g/mol. The molecule has 0 bridgehead atoms. The van der Waals surface area contributed by atoms with Crippen LogP contribution in [0.4, 0.5) is 4.79 Å². The lowest BCUT2D eigenvalue weighted by atomic mass is 10.1. The number of fused-ring (bicyclic) bond motifs is 1. The van der Waals surface area contributed by atoms with Gasteiger partial charge in [-0.05, 0) is 45.7 Å². The van der Waals surface area contributed by atoms with Gasteiger partial charge in [0.1, 0.15) is 5.60 Å². The van der Waals surface area contributed by atoms with Gasteiger partial charge in [-0.1, -0.05) is 18.2 Å². The Morgan fingerprint density at radius 2 is 1.81 bits per heavy atom. The van der Waals surface area contributed by atoms with Crippen LogP contribution in [0.1, 0.15) is 33.6 Å². The molecule has 1 aliphatic rings.